The van der Waals surface area contributed by atoms with Crippen molar-refractivity contribution in [3.8, 4) is 0 Å². The van der Waals surface area contributed by atoms with Crippen LogP contribution in [0.5, 0.6) is 0 Å². The van der Waals surface area contributed by atoms with Gasteiger partial charge >= 0.3 is 0 Å². The largest absolute Gasteiger partial charge is 0.348 e. The van der Waals surface area contributed by atoms with Crippen LogP contribution in [0, 0.1) is 0 Å². The lowest BCUT2D eigenvalue weighted by atomic mass is 9.99. The number of carbonyl (C=O) groups excluding carboxylic acids is 1. The van der Waals surface area contributed by atoms with Gasteiger partial charge in [0.25, 0.3) is 5.91 Å². The zero-order valence-corrected chi connectivity index (χ0v) is 15.5. The van der Waals surface area contributed by atoms with Crippen LogP contribution in [-0.4, -0.2) is 28.2 Å². The molecule has 124 valence electrons. The molecule has 0 aliphatic carbocycles. The minimum atomic E-state index is 0.0203. The highest BCUT2D eigenvalue weighted by molar-refractivity contribution is 8.26. The summed E-state index contributed by atoms with van der Waals surface area (Å²) in [4.78, 5) is 17.0. The smallest absolute Gasteiger partial charge is 0.266 e. The number of hydrogen-bond donors (Lipinski definition) is 0. The fourth-order valence-corrected chi connectivity index (χ4v) is 4.08. The van der Waals surface area contributed by atoms with Crippen LogP contribution in [0.2, 0.25) is 0 Å². The van der Waals surface area contributed by atoms with Gasteiger partial charge in [0, 0.05) is 30.5 Å². The molecule has 0 unspecified atom stereocenters. The molecule has 1 fully saturated rings. The maximum absolute atomic E-state index is 12.4. The number of rotatable bonds is 4. The number of thioether (sulfide) groups is 1. The van der Waals surface area contributed by atoms with Crippen molar-refractivity contribution in [1.82, 2.24) is 4.90 Å². The first kappa shape index (κ1) is 17.0. The fourth-order valence-electron chi connectivity index (χ4n) is 2.83. The van der Waals surface area contributed by atoms with Gasteiger partial charge in [0.05, 0.1) is 4.91 Å². The predicted octanol–water partition coefficient (Wildman–Crippen LogP) is 4.58. The average molecular weight is 357 g/mol. The van der Waals surface area contributed by atoms with Crippen LogP contribution in [0.1, 0.15) is 25.8 Å². The number of nitrogens with zero attached hydrogens (tertiary/aromatic N) is 2. The Hall–Kier alpha value is -1.85. The molecule has 1 saturated heterocycles. The Morgan fingerprint density at radius 1 is 1.21 bits per heavy atom. The third kappa shape index (κ3) is 3.19. The molecule has 2 aliphatic rings. The van der Waals surface area contributed by atoms with E-state index in [1.165, 1.54) is 23.0 Å². The molecule has 0 N–H and O–H groups in total. The van der Waals surface area contributed by atoms with E-state index >= 15 is 0 Å². The second kappa shape index (κ2) is 7.36. The SMILES string of the molecule is CCCN1C(=O)/C(=C\C=C2/C=CN(CC)c3ccccc32)SC1=S. The van der Waals surface area contributed by atoms with E-state index in [4.69, 9.17) is 12.2 Å². The summed E-state index contributed by atoms with van der Waals surface area (Å²) < 4.78 is 0.656. The summed E-state index contributed by atoms with van der Waals surface area (Å²) in [5, 5.41) is 0. The number of fused-ring (bicyclic) bond motifs is 1. The van der Waals surface area contributed by atoms with Crippen LogP contribution in [-0.2, 0) is 4.79 Å². The molecule has 1 aromatic carbocycles. The second-order valence-corrected chi connectivity index (χ2v) is 7.27. The Kier molecular flexibility index (Phi) is 5.21. The first-order valence-electron chi connectivity index (χ1n) is 8.15. The van der Waals surface area contributed by atoms with Crippen LogP contribution >= 0.6 is 24.0 Å². The fraction of sp³-hybridized carbons (Fsp3) is 0.263. The highest BCUT2D eigenvalue weighted by Crippen LogP contribution is 2.34. The highest BCUT2D eigenvalue weighted by Gasteiger charge is 2.30. The molecule has 24 heavy (non-hydrogen) atoms. The van der Waals surface area contributed by atoms with Gasteiger partial charge in [-0.05, 0) is 37.1 Å². The molecule has 0 aromatic heterocycles. The van der Waals surface area contributed by atoms with Gasteiger partial charge in [-0.3, -0.25) is 9.69 Å². The number of carbonyl (C=O) groups is 1. The van der Waals surface area contributed by atoms with Gasteiger partial charge in [-0.15, -0.1) is 0 Å². The van der Waals surface area contributed by atoms with Gasteiger partial charge in [0.2, 0.25) is 0 Å². The van der Waals surface area contributed by atoms with E-state index in [0.29, 0.717) is 15.8 Å². The van der Waals surface area contributed by atoms with E-state index in [1.54, 1.807) is 4.90 Å². The van der Waals surface area contributed by atoms with Crippen molar-refractivity contribution < 1.29 is 4.79 Å². The predicted molar refractivity (Wildman–Crippen MR) is 107 cm³/mol. The molecule has 3 nitrogen and oxygen atoms in total. The standard InChI is InChI=1S/C19H20N2OS2/c1-3-12-21-18(22)17(24-19(21)23)10-9-14-11-13-20(4-2)16-8-6-5-7-15(14)16/h5-11,13H,3-4,12H2,1-2H3/b14-9+,17-10+. The lowest BCUT2D eigenvalue weighted by Gasteiger charge is -2.26. The molecule has 2 heterocycles. The second-order valence-electron chi connectivity index (χ2n) is 5.60. The summed E-state index contributed by atoms with van der Waals surface area (Å²) in [7, 11) is 0. The molecule has 0 atom stereocenters. The monoisotopic (exact) mass is 356 g/mol. The Labute approximate surface area is 152 Å². The zero-order chi connectivity index (χ0) is 17.1. The summed E-state index contributed by atoms with van der Waals surface area (Å²) in [6, 6.07) is 8.33. The van der Waals surface area contributed by atoms with Crippen molar-refractivity contribution in [3.63, 3.8) is 0 Å². The van der Waals surface area contributed by atoms with Crippen molar-refractivity contribution >= 4 is 45.5 Å². The maximum atomic E-state index is 12.4. The maximum Gasteiger partial charge on any atom is 0.266 e. The van der Waals surface area contributed by atoms with E-state index in [-0.39, 0.29) is 5.91 Å². The Morgan fingerprint density at radius 3 is 2.75 bits per heavy atom. The molecule has 2 aliphatic heterocycles. The van der Waals surface area contributed by atoms with Gasteiger partial charge in [-0.2, -0.15) is 0 Å². The van der Waals surface area contributed by atoms with E-state index in [0.717, 1.165) is 18.5 Å². The van der Waals surface area contributed by atoms with Crippen molar-refractivity contribution in [2.24, 2.45) is 0 Å². The summed E-state index contributed by atoms with van der Waals surface area (Å²) in [5.74, 6) is 0.0203. The van der Waals surface area contributed by atoms with E-state index in [1.807, 2.05) is 31.2 Å². The third-order valence-electron chi connectivity index (χ3n) is 4.03. The molecular weight excluding hydrogens is 336 g/mol. The van der Waals surface area contributed by atoms with E-state index in [2.05, 4.69) is 36.2 Å². The summed E-state index contributed by atoms with van der Waals surface area (Å²) in [6.45, 7) is 5.80. The quantitative estimate of drug-likeness (QED) is 0.582. The topological polar surface area (TPSA) is 23.6 Å². The summed E-state index contributed by atoms with van der Waals surface area (Å²) >= 11 is 6.70. The Bertz CT molecular complexity index is 764. The first-order valence-corrected chi connectivity index (χ1v) is 9.38. The number of thiocarbonyl (C=S) groups is 1. The molecule has 0 saturated carbocycles. The Balaban J connectivity index is 1.90. The van der Waals surface area contributed by atoms with Crippen molar-refractivity contribution in [1.29, 1.82) is 0 Å². The van der Waals surface area contributed by atoms with Crippen LogP contribution < -0.4 is 4.90 Å². The average Bonchev–Trinajstić information content (AvgIpc) is 2.87. The molecule has 0 spiro atoms. The number of para-hydroxylation sites is 1. The highest BCUT2D eigenvalue weighted by atomic mass is 32.2. The molecule has 0 radical (unpaired) electrons. The molecule has 3 rings (SSSR count). The van der Waals surface area contributed by atoms with Gasteiger partial charge in [0.1, 0.15) is 4.32 Å². The van der Waals surface area contributed by atoms with Gasteiger partial charge in [-0.1, -0.05) is 55.2 Å². The van der Waals surface area contributed by atoms with Crippen LogP contribution in [0.4, 0.5) is 5.69 Å². The van der Waals surface area contributed by atoms with Gasteiger partial charge in [-0.25, -0.2) is 0 Å². The minimum absolute atomic E-state index is 0.0203. The third-order valence-corrected chi connectivity index (χ3v) is 5.43. The van der Waals surface area contributed by atoms with E-state index in [9.17, 15) is 4.79 Å². The summed E-state index contributed by atoms with van der Waals surface area (Å²) in [6.07, 6.45) is 9.00. The van der Waals surface area contributed by atoms with Crippen LogP contribution in [0.3, 0.4) is 0 Å². The van der Waals surface area contributed by atoms with Gasteiger partial charge in [0.15, 0.2) is 0 Å². The van der Waals surface area contributed by atoms with Crippen molar-refractivity contribution in [3.05, 3.63) is 59.2 Å². The number of allylic oxidation sites excluding steroid dienone is 4. The zero-order valence-electron chi connectivity index (χ0n) is 13.9. The normalized spacial score (nSPS) is 20.4. The van der Waals surface area contributed by atoms with Crippen LogP contribution in [0.15, 0.2) is 53.6 Å². The Morgan fingerprint density at radius 2 is 2.00 bits per heavy atom. The lowest BCUT2D eigenvalue weighted by Crippen LogP contribution is -2.28. The number of anilines is 1. The molecule has 5 heteroatoms. The first-order chi connectivity index (χ1) is 11.7. The lowest BCUT2D eigenvalue weighted by molar-refractivity contribution is -0.122. The molecule has 0 bridgehead atoms. The number of amides is 1. The number of hydrogen-bond acceptors (Lipinski definition) is 4. The minimum Gasteiger partial charge on any atom is -0.348 e. The van der Waals surface area contributed by atoms with Gasteiger partial charge < -0.3 is 4.90 Å². The molecule has 1 amide bonds. The molecule has 1 aromatic rings. The van der Waals surface area contributed by atoms with Crippen molar-refractivity contribution in [2.75, 3.05) is 18.0 Å². The molecular formula is C19H20N2OS2. The van der Waals surface area contributed by atoms with E-state index < -0.39 is 0 Å². The summed E-state index contributed by atoms with van der Waals surface area (Å²) in [5.41, 5.74) is 3.49. The number of benzene rings is 1. The van der Waals surface area contributed by atoms with Crippen molar-refractivity contribution in [2.45, 2.75) is 20.3 Å². The van der Waals surface area contributed by atoms with Crippen LogP contribution in [0.25, 0.3) is 5.57 Å².